The van der Waals surface area contributed by atoms with Crippen molar-refractivity contribution in [1.29, 1.82) is 0 Å². The maximum Gasteiger partial charge on any atom is 0.248 e. The number of halogens is 2. The average Bonchev–Trinajstić information content (AvgIpc) is 1.94. The molecular formula is C8H15F2N. The summed E-state index contributed by atoms with van der Waals surface area (Å²) in [5.41, 5.74) is 5.34. The van der Waals surface area contributed by atoms with Crippen molar-refractivity contribution in [3.05, 3.63) is 0 Å². The van der Waals surface area contributed by atoms with Crippen molar-refractivity contribution in [2.24, 2.45) is 11.7 Å². The van der Waals surface area contributed by atoms with E-state index in [0.29, 0.717) is 25.3 Å². The van der Waals surface area contributed by atoms with Crippen LogP contribution in [0.5, 0.6) is 0 Å². The van der Waals surface area contributed by atoms with Crippen LogP contribution in [0.4, 0.5) is 8.78 Å². The summed E-state index contributed by atoms with van der Waals surface area (Å²) in [4.78, 5) is 0. The second-order valence-corrected chi connectivity index (χ2v) is 3.38. The molecule has 0 spiro atoms. The zero-order valence-corrected chi connectivity index (χ0v) is 6.65. The summed E-state index contributed by atoms with van der Waals surface area (Å²) in [6, 6.07) is 0. The first-order valence-electron chi connectivity index (χ1n) is 4.22. The summed E-state index contributed by atoms with van der Waals surface area (Å²) in [6.07, 6.45) is 2.36. The van der Waals surface area contributed by atoms with Crippen LogP contribution in [-0.4, -0.2) is 12.5 Å². The van der Waals surface area contributed by atoms with Gasteiger partial charge < -0.3 is 5.73 Å². The van der Waals surface area contributed by atoms with E-state index < -0.39 is 5.92 Å². The topological polar surface area (TPSA) is 26.0 Å². The molecule has 1 fully saturated rings. The minimum Gasteiger partial charge on any atom is -0.330 e. The molecule has 2 N–H and O–H groups in total. The molecule has 0 aromatic carbocycles. The lowest BCUT2D eigenvalue weighted by Gasteiger charge is -2.27. The van der Waals surface area contributed by atoms with Crippen molar-refractivity contribution in [2.45, 2.75) is 38.0 Å². The van der Waals surface area contributed by atoms with Gasteiger partial charge in [-0.3, -0.25) is 0 Å². The minimum absolute atomic E-state index is 0.0671. The first kappa shape index (κ1) is 8.91. The smallest absolute Gasteiger partial charge is 0.248 e. The SMILES string of the molecule is NCCC1CCC(F)(F)CC1. The second-order valence-electron chi connectivity index (χ2n) is 3.38. The van der Waals surface area contributed by atoms with Gasteiger partial charge in [0.1, 0.15) is 0 Å². The Labute approximate surface area is 66.0 Å². The Morgan fingerprint density at radius 1 is 1.27 bits per heavy atom. The fraction of sp³-hybridized carbons (Fsp3) is 1.00. The van der Waals surface area contributed by atoms with Crippen LogP contribution in [0.3, 0.4) is 0 Å². The van der Waals surface area contributed by atoms with Crippen molar-refractivity contribution in [3.63, 3.8) is 0 Å². The highest BCUT2D eigenvalue weighted by Crippen LogP contribution is 2.36. The standard InChI is InChI=1S/C8H15F2N/c9-8(10)4-1-7(2-5-8)3-6-11/h7H,1-6,11H2. The average molecular weight is 163 g/mol. The fourth-order valence-electron chi connectivity index (χ4n) is 1.62. The second kappa shape index (κ2) is 3.48. The van der Waals surface area contributed by atoms with Gasteiger partial charge in [0, 0.05) is 12.8 Å². The maximum atomic E-state index is 12.6. The van der Waals surface area contributed by atoms with E-state index in [1.807, 2.05) is 0 Å². The van der Waals surface area contributed by atoms with E-state index in [2.05, 4.69) is 0 Å². The molecule has 1 aliphatic carbocycles. The van der Waals surface area contributed by atoms with E-state index in [0.717, 1.165) is 6.42 Å². The highest BCUT2D eigenvalue weighted by Gasteiger charge is 2.34. The normalized spacial score (nSPS) is 25.4. The third-order valence-corrected chi connectivity index (χ3v) is 2.41. The third kappa shape index (κ3) is 2.73. The van der Waals surface area contributed by atoms with Gasteiger partial charge in [0.25, 0.3) is 0 Å². The highest BCUT2D eigenvalue weighted by atomic mass is 19.3. The van der Waals surface area contributed by atoms with Crippen molar-refractivity contribution in [2.75, 3.05) is 6.54 Å². The molecule has 0 aromatic rings. The molecule has 11 heavy (non-hydrogen) atoms. The minimum atomic E-state index is -2.38. The van der Waals surface area contributed by atoms with E-state index in [9.17, 15) is 8.78 Å². The van der Waals surface area contributed by atoms with Crippen LogP contribution in [0, 0.1) is 5.92 Å². The summed E-state index contributed by atoms with van der Waals surface area (Å²) in [6.45, 7) is 0.635. The highest BCUT2D eigenvalue weighted by molar-refractivity contribution is 4.77. The van der Waals surface area contributed by atoms with Crippen LogP contribution < -0.4 is 5.73 Å². The summed E-state index contributed by atoms with van der Waals surface area (Å²) >= 11 is 0. The van der Waals surface area contributed by atoms with Gasteiger partial charge in [0.2, 0.25) is 5.92 Å². The van der Waals surface area contributed by atoms with Crippen LogP contribution in [0.1, 0.15) is 32.1 Å². The van der Waals surface area contributed by atoms with Crippen molar-refractivity contribution in [1.82, 2.24) is 0 Å². The maximum absolute atomic E-state index is 12.6. The lowest BCUT2D eigenvalue weighted by Crippen LogP contribution is -2.25. The van der Waals surface area contributed by atoms with E-state index in [1.165, 1.54) is 0 Å². The van der Waals surface area contributed by atoms with E-state index in [4.69, 9.17) is 5.73 Å². The molecule has 0 radical (unpaired) electrons. The van der Waals surface area contributed by atoms with Gasteiger partial charge in [0.05, 0.1) is 0 Å². The molecule has 1 saturated carbocycles. The van der Waals surface area contributed by atoms with Crippen molar-refractivity contribution in [3.8, 4) is 0 Å². The van der Waals surface area contributed by atoms with Gasteiger partial charge in [-0.2, -0.15) is 0 Å². The number of hydrogen-bond donors (Lipinski definition) is 1. The Kier molecular flexibility index (Phi) is 2.82. The molecule has 1 rings (SSSR count). The van der Waals surface area contributed by atoms with Gasteiger partial charge in [-0.15, -0.1) is 0 Å². The van der Waals surface area contributed by atoms with Crippen LogP contribution >= 0.6 is 0 Å². The molecule has 0 aliphatic heterocycles. The molecule has 66 valence electrons. The molecule has 0 saturated heterocycles. The van der Waals surface area contributed by atoms with E-state index in [-0.39, 0.29) is 12.8 Å². The Morgan fingerprint density at radius 3 is 2.27 bits per heavy atom. The molecule has 0 atom stereocenters. The number of rotatable bonds is 2. The predicted octanol–water partition coefficient (Wildman–Crippen LogP) is 2.16. The summed E-state index contributed by atoms with van der Waals surface area (Å²) in [5, 5.41) is 0. The molecule has 0 unspecified atom stereocenters. The van der Waals surface area contributed by atoms with Crippen LogP contribution in [-0.2, 0) is 0 Å². The predicted molar refractivity (Wildman–Crippen MR) is 40.6 cm³/mol. The van der Waals surface area contributed by atoms with E-state index >= 15 is 0 Å². The fourth-order valence-corrected chi connectivity index (χ4v) is 1.62. The van der Waals surface area contributed by atoms with Gasteiger partial charge in [-0.05, 0) is 31.7 Å². The molecule has 0 bridgehead atoms. The van der Waals surface area contributed by atoms with Crippen molar-refractivity contribution < 1.29 is 8.78 Å². The zero-order valence-electron chi connectivity index (χ0n) is 6.65. The molecular weight excluding hydrogens is 148 g/mol. The van der Waals surface area contributed by atoms with Gasteiger partial charge in [-0.1, -0.05) is 0 Å². The number of hydrogen-bond acceptors (Lipinski definition) is 1. The molecule has 0 heterocycles. The summed E-state index contributed by atoms with van der Waals surface area (Å²) in [7, 11) is 0. The van der Waals surface area contributed by atoms with Crippen molar-refractivity contribution >= 4 is 0 Å². The lowest BCUT2D eigenvalue weighted by atomic mass is 9.85. The quantitative estimate of drug-likeness (QED) is 0.663. The Balaban J connectivity index is 2.25. The lowest BCUT2D eigenvalue weighted by molar-refractivity contribution is -0.0462. The monoisotopic (exact) mass is 163 g/mol. The van der Waals surface area contributed by atoms with Gasteiger partial charge >= 0.3 is 0 Å². The Bertz CT molecular complexity index is 115. The molecule has 0 amide bonds. The zero-order chi connectivity index (χ0) is 8.32. The molecule has 0 aromatic heterocycles. The Hall–Kier alpha value is -0.180. The molecule has 1 nitrogen and oxygen atoms in total. The van der Waals surface area contributed by atoms with Gasteiger partial charge in [0.15, 0.2) is 0 Å². The van der Waals surface area contributed by atoms with Crippen LogP contribution in [0.2, 0.25) is 0 Å². The Morgan fingerprint density at radius 2 is 1.82 bits per heavy atom. The van der Waals surface area contributed by atoms with Gasteiger partial charge in [-0.25, -0.2) is 8.78 Å². The first-order chi connectivity index (χ1) is 5.14. The van der Waals surface area contributed by atoms with Crippen LogP contribution in [0.25, 0.3) is 0 Å². The third-order valence-electron chi connectivity index (χ3n) is 2.41. The largest absolute Gasteiger partial charge is 0.330 e. The molecule has 3 heteroatoms. The van der Waals surface area contributed by atoms with E-state index in [1.54, 1.807) is 0 Å². The molecule has 1 aliphatic rings. The number of nitrogens with two attached hydrogens (primary N) is 1. The first-order valence-corrected chi connectivity index (χ1v) is 4.22. The summed E-state index contributed by atoms with van der Waals surface area (Å²) < 4.78 is 25.2. The summed E-state index contributed by atoms with van der Waals surface area (Å²) in [5.74, 6) is -1.93. The number of alkyl halides is 2. The van der Waals surface area contributed by atoms with Crippen LogP contribution in [0.15, 0.2) is 0 Å².